The molecule has 3 rings (SSSR count). The van der Waals surface area contributed by atoms with E-state index < -0.39 is 0 Å². The highest BCUT2D eigenvalue weighted by Gasteiger charge is 2.10. The summed E-state index contributed by atoms with van der Waals surface area (Å²) in [6.45, 7) is 7.83. The summed E-state index contributed by atoms with van der Waals surface area (Å²) in [6, 6.07) is 5.74. The maximum absolute atomic E-state index is 12.3. The molecule has 24 heavy (non-hydrogen) atoms. The van der Waals surface area contributed by atoms with Crippen LogP contribution in [-0.4, -0.2) is 25.4 Å². The minimum Gasteiger partial charge on any atom is -0.319 e. The summed E-state index contributed by atoms with van der Waals surface area (Å²) in [5.74, 6) is 0.352. The van der Waals surface area contributed by atoms with E-state index >= 15 is 0 Å². The first-order valence-electron chi connectivity index (χ1n) is 7.66. The Morgan fingerprint density at radius 3 is 2.12 bits per heavy atom. The van der Waals surface area contributed by atoms with Crippen LogP contribution in [0.15, 0.2) is 36.9 Å². The Labute approximate surface area is 140 Å². The van der Waals surface area contributed by atoms with Gasteiger partial charge in [-0.15, -0.1) is 0 Å². The van der Waals surface area contributed by atoms with E-state index in [-0.39, 0.29) is 5.91 Å². The molecule has 0 aliphatic heterocycles. The zero-order valence-electron chi connectivity index (χ0n) is 14.2. The number of hydrogen-bond acceptors (Lipinski definition) is 4. The van der Waals surface area contributed by atoms with E-state index in [0.29, 0.717) is 17.2 Å². The van der Waals surface area contributed by atoms with E-state index in [2.05, 4.69) is 20.3 Å². The molecular formula is C18H19N5O. The molecule has 0 saturated carbocycles. The molecule has 0 atom stereocenters. The van der Waals surface area contributed by atoms with Gasteiger partial charge in [-0.05, 0) is 39.8 Å². The van der Waals surface area contributed by atoms with Crippen molar-refractivity contribution in [3.63, 3.8) is 0 Å². The van der Waals surface area contributed by atoms with Crippen LogP contribution in [0.5, 0.6) is 0 Å². The van der Waals surface area contributed by atoms with Gasteiger partial charge in [0.2, 0.25) is 5.95 Å². The molecule has 0 aliphatic rings. The molecule has 6 nitrogen and oxygen atoms in total. The van der Waals surface area contributed by atoms with Crippen LogP contribution in [0, 0.1) is 27.7 Å². The van der Waals surface area contributed by atoms with Gasteiger partial charge in [0.15, 0.2) is 0 Å². The Bertz CT molecular complexity index is 876. The quantitative estimate of drug-likeness (QED) is 0.804. The molecule has 3 aromatic rings. The summed E-state index contributed by atoms with van der Waals surface area (Å²) in [5, 5.41) is 2.82. The lowest BCUT2D eigenvalue weighted by molar-refractivity contribution is 0.102. The summed E-state index contributed by atoms with van der Waals surface area (Å²) < 4.78 is 1.81. The second-order valence-corrected chi connectivity index (χ2v) is 5.89. The molecule has 2 heterocycles. The number of anilines is 1. The van der Waals surface area contributed by atoms with Crippen molar-refractivity contribution < 1.29 is 4.79 Å². The van der Waals surface area contributed by atoms with Crippen LogP contribution in [0.2, 0.25) is 0 Å². The van der Waals surface area contributed by atoms with Crippen LogP contribution in [0.1, 0.15) is 32.9 Å². The maximum Gasteiger partial charge on any atom is 0.255 e. The highest BCUT2D eigenvalue weighted by atomic mass is 16.1. The van der Waals surface area contributed by atoms with E-state index in [1.807, 2.05) is 50.5 Å². The fraction of sp³-hybridized carbons (Fsp3) is 0.222. The zero-order valence-corrected chi connectivity index (χ0v) is 14.2. The molecule has 0 fully saturated rings. The first-order chi connectivity index (χ1) is 11.4. The Hall–Kier alpha value is -3.02. The average molecular weight is 321 g/mol. The first kappa shape index (κ1) is 15.9. The number of amides is 1. The predicted molar refractivity (Wildman–Crippen MR) is 92.5 cm³/mol. The maximum atomic E-state index is 12.3. The molecule has 0 bridgehead atoms. The molecule has 2 aromatic heterocycles. The number of rotatable bonds is 3. The second-order valence-electron chi connectivity index (χ2n) is 5.89. The summed E-state index contributed by atoms with van der Waals surface area (Å²) >= 11 is 0. The van der Waals surface area contributed by atoms with Gasteiger partial charge in [0.25, 0.3) is 5.91 Å². The molecule has 0 radical (unpaired) electrons. The van der Waals surface area contributed by atoms with Crippen molar-refractivity contribution in [3.8, 4) is 5.95 Å². The van der Waals surface area contributed by atoms with Crippen LogP contribution in [0.3, 0.4) is 0 Å². The molecular weight excluding hydrogens is 302 g/mol. The SMILES string of the molecule is Cc1cc(C)cc(C(=O)Nc2cnc(-n3cnc(C)c3C)nc2)c1. The van der Waals surface area contributed by atoms with E-state index in [1.54, 1.807) is 18.7 Å². The summed E-state index contributed by atoms with van der Waals surface area (Å²) in [4.78, 5) is 25.2. The van der Waals surface area contributed by atoms with E-state index in [1.165, 1.54) is 0 Å². The second kappa shape index (κ2) is 6.23. The van der Waals surface area contributed by atoms with Crippen molar-refractivity contribution in [1.82, 2.24) is 19.5 Å². The molecule has 0 spiro atoms. The Morgan fingerprint density at radius 1 is 0.958 bits per heavy atom. The Kier molecular flexibility index (Phi) is 4.12. The normalized spacial score (nSPS) is 10.7. The van der Waals surface area contributed by atoms with E-state index in [0.717, 1.165) is 22.5 Å². The van der Waals surface area contributed by atoms with Crippen molar-refractivity contribution in [2.45, 2.75) is 27.7 Å². The number of benzene rings is 1. The van der Waals surface area contributed by atoms with Crippen molar-refractivity contribution in [3.05, 3.63) is 65.0 Å². The van der Waals surface area contributed by atoms with Crippen molar-refractivity contribution >= 4 is 11.6 Å². The molecule has 0 saturated heterocycles. The number of imidazole rings is 1. The fourth-order valence-corrected chi connectivity index (χ4v) is 2.52. The molecule has 1 amide bonds. The van der Waals surface area contributed by atoms with E-state index in [9.17, 15) is 4.79 Å². The van der Waals surface area contributed by atoms with Crippen LogP contribution in [0.25, 0.3) is 5.95 Å². The van der Waals surface area contributed by atoms with Gasteiger partial charge >= 0.3 is 0 Å². The number of nitrogens with one attached hydrogen (secondary N) is 1. The fourth-order valence-electron chi connectivity index (χ4n) is 2.52. The average Bonchev–Trinajstić information content (AvgIpc) is 2.87. The predicted octanol–water partition coefficient (Wildman–Crippen LogP) is 3.15. The lowest BCUT2D eigenvalue weighted by Gasteiger charge is -2.08. The van der Waals surface area contributed by atoms with Gasteiger partial charge in [-0.3, -0.25) is 9.36 Å². The third-order valence-corrected chi connectivity index (χ3v) is 3.85. The highest BCUT2D eigenvalue weighted by molar-refractivity contribution is 6.04. The van der Waals surface area contributed by atoms with Crippen LogP contribution in [0.4, 0.5) is 5.69 Å². The molecule has 6 heteroatoms. The Morgan fingerprint density at radius 2 is 1.58 bits per heavy atom. The molecule has 0 unspecified atom stereocenters. The third-order valence-electron chi connectivity index (χ3n) is 3.85. The van der Waals surface area contributed by atoms with Crippen molar-refractivity contribution in [2.75, 3.05) is 5.32 Å². The summed E-state index contributed by atoms with van der Waals surface area (Å²) in [5.41, 5.74) is 5.21. The highest BCUT2D eigenvalue weighted by Crippen LogP contribution is 2.14. The van der Waals surface area contributed by atoms with Crippen molar-refractivity contribution in [2.24, 2.45) is 0 Å². The van der Waals surface area contributed by atoms with Gasteiger partial charge in [0.05, 0.1) is 23.8 Å². The topological polar surface area (TPSA) is 72.7 Å². The number of aryl methyl sites for hydroxylation is 3. The number of carbonyl (C=O) groups is 1. The lowest BCUT2D eigenvalue weighted by atomic mass is 10.1. The van der Waals surface area contributed by atoms with Gasteiger partial charge < -0.3 is 5.32 Å². The van der Waals surface area contributed by atoms with Gasteiger partial charge in [-0.1, -0.05) is 17.2 Å². The summed E-state index contributed by atoms with van der Waals surface area (Å²) in [6.07, 6.45) is 4.88. The minimum atomic E-state index is -0.173. The van der Waals surface area contributed by atoms with Gasteiger partial charge in [0.1, 0.15) is 6.33 Å². The molecule has 122 valence electrons. The van der Waals surface area contributed by atoms with E-state index in [4.69, 9.17) is 0 Å². The van der Waals surface area contributed by atoms with Crippen LogP contribution in [-0.2, 0) is 0 Å². The number of aromatic nitrogens is 4. The van der Waals surface area contributed by atoms with Gasteiger partial charge in [-0.25, -0.2) is 15.0 Å². The lowest BCUT2D eigenvalue weighted by Crippen LogP contribution is -2.13. The van der Waals surface area contributed by atoms with Crippen LogP contribution < -0.4 is 5.32 Å². The molecule has 0 aliphatic carbocycles. The molecule has 1 aromatic carbocycles. The van der Waals surface area contributed by atoms with Crippen LogP contribution >= 0.6 is 0 Å². The largest absolute Gasteiger partial charge is 0.319 e. The minimum absolute atomic E-state index is 0.173. The Balaban J connectivity index is 1.79. The zero-order chi connectivity index (χ0) is 17.3. The van der Waals surface area contributed by atoms with Gasteiger partial charge in [0, 0.05) is 11.3 Å². The third kappa shape index (κ3) is 3.17. The number of hydrogen-bond donors (Lipinski definition) is 1. The smallest absolute Gasteiger partial charge is 0.255 e. The monoisotopic (exact) mass is 321 g/mol. The number of carbonyl (C=O) groups excluding carboxylic acids is 1. The number of nitrogens with zero attached hydrogens (tertiary/aromatic N) is 4. The standard InChI is InChI=1S/C18H19N5O/c1-11-5-12(2)7-15(6-11)17(24)22-16-8-19-18(20-9-16)23-10-21-13(3)14(23)4/h5-10H,1-4H3,(H,22,24). The van der Waals surface area contributed by atoms with Gasteiger partial charge in [-0.2, -0.15) is 0 Å². The molecule has 1 N–H and O–H groups in total. The van der Waals surface area contributed by atoms with Crippen molar-refractivity contribution in [1.29, 1.82) is 0 Å². The summed E-state index contributed by atoms with van der Waals surface area (Å²) in [7, 11) is 0. The first-order valence-corrected chi connectivity index (χ1v) is 7.66.